The summed E-state index contributed by atoms with van der Waals surface area (Å²) in [6.45, 7) is 0.532. The molecule has 2 amide bonds. The lowest BCUT2D eigenvalue weighted by Gasteiger charge is -2.23. The van der Waals surface area contributed by atoms with Crippen LogP contribution in [0.3, 0.4) is 0 Å². The van der Waals surface area contributed by atoms with Gasteiger partial charge >= 0.3 is 0 Å². The largest absolute Gasteiger partial charge is 0.354 e. The SMILES string of the molecule is O=C1CCC(NC(=O)c2cc3sccc3s2)CN1. The molecule has 1 aliphatic heterocycles. The summed E-state index contributed by atoms with van der Waals surface area (Å²) in [6.07, 6.45) is 1.21. The van der Waals surface area contributed by atoms with Gasteiger partial charge in [0.05, 0.1) is 4.88 Å². The van der Waals surface area contributed by atoms with Crippen LogP contribution >= 0.6 is 22.7 Å². The Hall–Kier alpha value is -1.40. The highest BCUT2D eigenvalue weighted by Crippen LogP contribution is 2.29. The molecule has 1 unspecified atom stereocenters. The molecule has 0 aromatic carbocycles. The number of rotatable bonds is 2. The van der Waals surface area contributed by atoms with Crippen molar-refractivity contribution in [2.24, 2.45) is 0 Å². The molecule has 18 heavy (non-hydrogen) atoms. The summed E-state index contributed by atoms with van der Waals surface area (Å²) >= 11 is 3.16. The number of carbonyl (C=O) groups excluding carboxylic acids is 2. The zero-order chi connectivity index (χ0) is 12.5. The normalized spacial score (nSPS) is 19.8. The van der Waals surface area contributed by atoms with Crippen molar-refractivity contribution in [3.05, 3.63) is 22.4 Å². The standard InChI is InChI=1S/C12H12N2O2S2/c15-11-2-1-7(6-13-11)14-12(16)10-5-9-8(18-10)3-4-17-9/h3-5,7H,1-2,6H2,(H,13,15)(H,14,16). The van der Waals surface area contributed by atoms with Crippen LogP contribution in [0.1, 0.15) is 22.5 Å². The van der Waals surface area contributed by atoms with Gasteiger partial charge in [-0.1, -0.05) is 0 Å². The molecule has 0 spiro atoms. The van der Waals surface area contributed by atoms with Gasteiger partial charge in [0, 0.05) is 28.4 Å². The number of carbonyl (C=O) groups is 2. The minimum Gasteiger partial charge on any atom is -0.354 e. The second-order valence-electron chi connectivity index (χ2n) is 4.27. The van der Waals surface area contributed by atoms with Gasteiger partial charge in [-0.25, -0.2) is 0 Å². The predicted molar refractivity (Wildman–Crippen MR) is 73.2 cm³/mol. The van der Waals surface area contributed by atoms with Crippen molar-refractivity contribution < 1.29 is 9.59 Å². The van der Waals surface area contributed by atoms with Crippen molar-refractivity contribution >= 4 is 43.9 Å². The Bertz CT molecular complexity index is 564. The average Bonchev–Trinajstić information content (AvgIpc) is 2.92. The minimum atomic E-state index is -0.0375. The van der Waals surface area contributed by atoms with Gasteiger partial charge in [-0.05, 0) is 23.9 Å². The summed E-state index contributed by atoms with van der Waals surface area (Å²) in [7, 11) is 0. The van der Waals surface area contributed by atoms with Crippen molar-refractivity contribution in [1.82, 2.24) is 10.6 Å². The molecule has 1 aliphatic rings. The third-order valence-electron chi connectivity index (χ3n) is 2.96. The van der Waals surface area contributed by atoms with Gasteiger partial charge < -0.3 is 10.6 Å². The predicted octanol–water partition coefficient (Wildman–Crippen LogP) is 1.97. The molecule has 0 radical (unpaired) electrons. The number of nitrogens with one attached hydrogen (secondary N) is 2. The maximum absolute atomic E-state index is 12.1. The molecule has 2 aromatic heterocycles. The van der Waals surface area contributed by atoms with Crippen molar-refractivity contribution in [3.63, 3.8) is 0 Å². The molecule has 0 bridgehead atoms. The zero-order valence-corrected chi connectivity index (χ0v) is 11.2. The van der Waals surface area contributed by atoms with E-state index in [9.17, 15) is 9.59 Å². The van der Waals surface area contributed by atoms with Gasteiger partial charge in [-0.2, -0.15) is 0 Å². The van der Waals surface area contributed by atoms with E-state index in [1.807, 2.05) is 17.5 Å². The quantitative estimate of drug-likeness (QED) is 0.883. The molecule has 1 atom stereocenters. The van der Waals surface area contributed by atoms with Crippen LogP contribution in [0.25, 0.3) is 9.40 Å². The van der Waals surface area contributed by atoms with E-state index < -0.39 is 0 Å². The Labute approximate surface area is 112 Å². The second-order valence-corrected chi connectivity index (χ2v) is 6.30. The van der Waals surface area contributed by atoms with Gasteiger partial charge in [0.25, 0.3) is 5.91 Å². The fourth-order valence-electron chi connectivity index (χ4n) is 1.99. The van der Waals surface area contributed by atoms with E-state index in [1.54, 1.807) is 11.3 Å². The molecule has 2 N–H and O–H groups in total. The van der Waals surface area contributed by atoms with E-state index >= 15 is 0 Å². The van der Waals surface area contributed by atoms with Crippen molar-refractivity contribution in [2.45, 2.75) is 18.9 Å². The molecule has 3 heterocycles. The molecular weight excluding hydrogens is 268 g/mol. The van der Waals surface area contributed by atoms with E-state index in [4.69, 9.17) is 0 Å². The topological polar surface area (TPSA) is 58.2 Å². The van der Waals surface area contributed by atoms with Crippen LogP contribution in [0.15, 0.2) is 17.5 Å². The van der Waals surface area contributed by atoms with Gasteiger partial charge in [0.15, 0.2) is 0 Å². The molecular formula is C12H12N2O2S2. The maximum atomic E-state index is 12.1. The van der Waals surface area contributed by atoms with Crippen LogP contribution in [0, 0.1) is 0 Å². The first-order valence-electron chi connectivity index (χ1n) is 5.77. The van der Waals surface area contributed by atoms with Crippen LogP contribution in [0.5, 0.6) is 0 Å². The van der Waals surface area contributed by atoms with Crippen molar-refractivity contribution in [2.75, 3.05) is 6.54 Å². The highest BCUT2D eigenvalue weighted by Gasteiger charge is 2.21. The van der Waals surface area contributed by atoms with Crippen molar-refractivity contribution in [1.29, 1.82) is 0 Å². The fourth-order valence-corrected chi connectivity index (χ4v) is 4.00. The molecule has 94 valence electrons. The number of thiophene rings is 2. The monoisotopic (exact) mass is 280 g/mol. The molecule has 1 saturated heterocycles. The van der Waals surface area contributed by atoms with Crippen LogP contribution in [-0.2, 0) is 4.79 Å². The summed E-state index contributed by atoms with van der Waals surface area (Å²) in [5, 5.41) is 7.76. The van der Waals surface area contributed by atoms with E-state index in [0.29, 0.717) is 13.0 Å². The first kappa shape index (κ1) is 11.7. The highest BCUT2D eigenvalue weighted by molar-refractivity contribution is 7.27. The Kier molecular flexibility index (Phi) is 3.05. The first-order valence-corrected chi connectivity index (χ1v) is 7.46. The smallest absolute Gasteiger partial charge is 0.261 e. The van der Waals surface area contributed by atoms with E-state index in [2.05, 4.69) is 10.6 Å². The molecule has 4 nitrogen and oxygen atoms in total. The molecule has 3 rings (SSSR count). The van der Waals surface area contributed by atoms with E-state index in [-0.39, 0.29) is 17.9 Å². The lowest BCUT2D eigenvalue weighted by molar-refractivity contribution is -0.122. The van der Waals surface area contributed by atoms with Gasteiger partial charge in [0.1, 0.15) is 0 Å². The molecule has 0 saturated carbocycles. The number of hydrogen-bond acceptors (Lipinski definition) is 4. The summed E-state index contributed by atoms with van der Waals surface area (Å²) in [5.41, 5.74) is 0. The minimum absolute atomic E-state index is 0.0375. The Balaban J connectivity index is 1.67. The zero-order valence-electron chi connectivity index (χ0n) is 9.56. The lowest BCUT2D eigenvalue weighted by atomic mass is 10.1. The number of amides is 2. The summed E-state index contributed by atoms with van der Waals surface area (Å²) in [5.74, 6) is 0.0293. The summed E-state index contributed by atoms with van der Waals surface area (Å²) < 4.78 is 2.31. The summed E-state index contributed by atoms with van der Waals surface area (Å²) in [6, 6.07) is 4.01. The Morgan fingerprint density at radius 2 is 2.33 bits per heavy atom. The van der Waals surface area contributed by atoms with Crippen molar-refractivity contribution in [3.8, 4) is 0 Å². The van der Waals surface area contributed by atoms with E-state index in [1.165, 1.54) is 11.3 Å². The number of piperidine rings is 1. The van der Waals surface area contributed by atoms with Crippen LogP contribution in [0.4, 0.5) is 0 Å². The maximum Gasteiger partial charge on any atom is 0.261 e. The molecule has 6 heteroatoms. The molecule has 0 aliphatic carbocycles. The van der Waals surface area contributed by atoms with E-state index in [0.717, 1.165) is 20.7 Å². The summed E-state index contributed by atoms with van der Waals surface area (Å²) in [4.78, 5) is 23.8. The Morgan fingerprint density at radius 1 is 1.44 bits per heavy atom. The third-order valence-corrected chi connectivity index (χ3v) is 5.06. The second kappa shape index (κ2) is 4.70. The van der Waals surface area contributed by atoms with Crippen LogP contribution in [0.2, 0.25) is 0 Å². The molecule has 2 aromatic rings. The fraction of sp³-hybridized carbons (Fsp3) is 0.333. The molecule has 1 fully saturated rings. The number of fused-ring (bicyclic) bond motifs is 1. The number of hydrogen-bond donors (Lipinski definition) is 2. The van der Waals surface area contributed by atoms with Gasteiger partial charge in [-0.3, -0.25) is 9.59 Å². The lowest BCUT2D eigenvalue weighted by Crippen LogP contribution is -2.47. The third kappa shape index (κ3) is 2.26. The van der Waals surface area contributed by atoms with Gasteiger partial charge in [-0.15, -0.1) is 22.7 Å². The highest BCUT2D eigenvalue weighted by atomic mass is 32.1. The Morgan fingerprint density at radius 3 is 3.06 bits per heavy atom. The van der Waals surface area contributed by atoms with Crippen LogP contribution in [-0.4, -0.2) is 24.4 Å². The van der Waals surface area contributed by atoms with Gasteiger partial charge in [0.2, 0.25) is 5.91 Å². The first-order chi connectivity index (χ1) is 8.72. The average molecular weight is 280 g/mol. The van der Waals surface area contributed by atoms with Crippen LogP contribution < -0.4 is 10.6 Å².